The molecule has 0 nitrogen and oxygen atoms in total. The first-order chi connectivity index (χ1) is 13.5. The van der Waals surface area contributed by atoms with Crippen LogP contribution in [0.3, 0.4) is 0 Å². The number of alkyl halides is 3. The summed E-state index contributed by atoms with van der Waals surface area (Å²) in [6, 6.07) is 14.2. The molecule has 0 fully saturated rings. The Hall–Kier alpha value is -1.59. The standard InChI is InChI=1S/C24H29F3SSi/c1-15(2)29(16(3)4,17(5)6)23-20-9-7-8-10-21(20)28-22(23)18-11-13-19(14-12-18)24(25,26)27/h7-17H,1-6H3. The molecule has 0 atom stereocenters. The molecule has 0 bridgehead atoms. The summed E-state index contributed by atoms with van der Waals surface area (Å²) >= 11 is 1.72. The number of halogens is 3. The van der Waals surface area contributed by atoms with Gasteiger partial charge in [0.25, 0.3) is 0 Å². The van der Waals surface area contributed by atoms with Crippen LogP contribution < -0.4 is 5.19 Å². The molecule has 156 valence electrons. The van der Waals surface area contributed by atoms with E-state index < -0.39 is 19.8 Å². The van der Waals surface area contributed by atoms with Crippen molar-refractivity contribution in [3.63, 3.8) is 0 Å². The molecule has 29 heavy (non-hydrogen) atoms. The van der Waals surface area contributed by atoms with E-state index in [0.29, 0.717) is 16.6 Å². The maximum absolute atomic E-state index is 13.1. The van der Waals surface area contributed by atoms with Crippen molar-refractivity contribution < 1.29 is 13.2 Å². The predicted molar refractivity (Wildman–Crippen MR) is 123 cm³/mol. The van der Waals surface area contributed by atoms with E-state index in [9.17, 15) is 13.2 Å². The van der Waals surface area contributed by atoms with Gasteiger partial charge in [-0.25, -0.2) is 0 Å². The predicted octanol–water partition coefficient (Wildman–Crippen LogP) is 8.47. The fraction of sp³-hybridized carbons (Fsp3) is 0.417. The molecule has 1 heterocycles. The Morgan fingerprint density at radius 3 is 1.76 bits per heavy atom. The van der Waals surface area contributed by atoms with E-state index in [4.69, 9.17) is 0 Å². The Labute approximate surface area is 176 Å². The Morgan fingerprint density at radius 1 is 0.759 bits per heavy atom. The van der Waals surface area contributed by atoms with E-state index in [1.807, 2.05) is 6.07 Å². The van der Waals surface area contributed by atoms with Gasteiger partial charge in [0.2, 0.25) is 0 Å². The summed E-state index contributed by atoms with van der Waals surface area (Å²) in [6.45, 7) is 14.0. The maximum atomic E-state index is 13.1. The van der Waals surface area contributed by atoms with E-state index in [0.717, 1.165) is 10.4 Å². The highest BCUT2D eigenvalue weighted by Gasteiger charge is 2.47. The largest absolute Gasteiger partial charge is 0.416 e. The molecular weight excluding hydrogens is 405 g/mol. The fourth-order valence-electron chi connectivity index (χ4n) is 5.36. The summed E-state index contributed by atoms with van der Waals surface area (Å²) in [6.07, 6.45) is -4.31. The second-order valence-corrected chi connectivity index (χ2v) is 15.7. The zero-order chi connectivity index (χ0) is 21.6. The normalized spacial score (nSPS) is 13.2. The van der Waals surface area contributed by atoms with Crippen molar-refractivity contribution in [3.05, 3.63) is 54.1 Å². The molecule has 3 rings (SSSR count). The SMILES string of the molecule is CC(C)[Si](c1c(-c2ccc(C(F)(F)F)cc2)sc2ccccc12)(C(C)C)C(C)C. The lowest BCUT2D eigenvalue weighted by atomic mass is 10.1. The molecular formula is C24H29F3SSi. The number of fused-ring (bicyclic) bond motifs is 1. The molecule has 0 aliphatic heterocycles. The fourth-order valence-corrected chi connectivity index (χ4v) is 14.2. The Morgan fingerprint density at radius 2 is 1.28 bits per heavy atom. The molecule has 1 aromatic heterocycles. The van der Waals surface area contributed by atoms with Crippen molar-refractivity contribution in [1.29, 1.82) is 0 Å². The van der Waals surface area contributed by atoms with Crippen LogP contribution in [0.4, 0.5) is 13.2 Å². The Kier molecular flexibility index (Phi) is 6.03. The minimum absolute atomic E-state index is 0.522. The molecule has 0 saturated carbocycles. The summed E-state index contributed by atoms with van der Waals surface area (Å²) in [5.74, 6) is 0. The van der Waals surface area contributed by atoms with E-state index in [2.05, 4.69) is 59.7 Å². The minimum atomic E-state index is -4.31. The molecule has 0 N–H and O–H groups in total. The van der Waals surface area contributed by atoms with E-state index in [-0.39, 0.29) is 0 Å². The van der Waals surface area contributed by atoms with E-state index in [1.165, 1.54) is 27.4 Å². The van der Waals surface area contributed by atoms with Crippen LogP contribution in [0.1, 0.15) is 47.1 Å². The first-order valence-corrected chi connectivity index (χ1v) is 13.3. The van der Waals surface area contributed by atoms with Gasteiger partial charge in [-0.2, -0.15) is 13.2 Å². The summed E-state index contributed by atoms with van der Waals surface area (Å²) in [5.41, 5.74) is 1.87. The molecule has 3 aromatic rings. The molecule has 0 unspecified atom stereocenters. The number of hydrogen-bond donors (Lipinski definition) is 0. The number of thiophene rings is 1. The van der Waals surface area contributed by atoms with Gasteiger partial charge < -0.3 is 0 Å². The lowest BCUT2D eigenvalue weighted by Crippen LogP contribution is -2.56. The molecule has 0 aliphatic rings. The van der Waals surface area contributed by atoms with Crippen LogP contribution in [0.5, 0.6) is 0 Å². The lowest BCUT2D eigenvalue weighted by Gasteiger charge is -2.44. The van der Waals surface area contributed by atoms with Gasteiger partial charge >= 0.3 is 6.18 Å². The second kappa shape index (κ2) is 7.92. The average Bonchev–Trinajstić information content (AvgIpc) is 3.01. The highest BCUT2D eigenvalue weighted by molar-refractivity contribution is 7.25. The molecule has 0 spiro atoms. The van der Waals surface area contributed by atoms with Gasteiger partial charge in [-0.1, -0.05) is 71.9 Å². The molecule has 0 aliphatic carbocycles. The van der Waals surface area contributed by atoms with E-state index >= 15 is 0 Å². The van der Waals surface area contributed by atoms with Crippen LogP contribution in [0, 0.1) is 0 Å². The van der Waals surface area contributed by atoms with Crippen molar-refractivity contribution >= 4 is 34.7 Å². The molecule has 0 radical (unpaired) electrons. The van der Waals surface area contributed by atoms with Crippen molar-refractivity contribution in [2.24, 2.45) is 0 Å². The molecule has 0 saturated heterocycles. The third-order valence-corrected chi connectivity index (χ3v) is 14.9. The smallest absolute Gasteiger partial charge is 0.166 e. The van der Waals surface area contributed by atoms with Crippen molar-refractivity contribution in [1.82, 2.24) is 0 Å². The van der Waals surface area contributed by atoms with Crippen molar-refractivity contribution in [2.45, 2.75) is 64.3 Å². The third kappa shape index (κ3) is 3.68. The number of rotatable bonds is 5. The monoisotopic (exact) mass is 434 g/mol. The van der Waals surface area contributed by atoms with Crippen LogP contribution in [-0.2, 0) is 6.18 Å². The molecule has 0 amide bonds. The van der Waals surface area contributed by atoms with Gasteiger partial charge in [0.15, 0.2) is 0 Å². The maximum Gasteiger partial charge on any atom is 0.416 e. The van der Waals surface area contributed by atoms with Crippen molar-refractivity contribution in [2.75, 3.05) is 0 Å². The van der Waals surface area contributed by atoms with Gasteiger partial charge in [0.1, 0.15) is 0 Å². The summed E-state index contributed by atoms with van der Waals surface area (Å²) < 4.78 is 40.5. The van der Waals surface area contributed by atoms with Gasteiger partial charge in [-0.15, -0.1) is 11.3 Å². The summed E-state index contributed by atoms with van der Waals surface area (Å²) in [4.78, 5) is 1.16. The number of benzene rings is 2. The molecule has 2 aromatic carbocycles. The summed E-state index contributed by atoms with van der Waals surface area (Å²) in [7, 11) is -2.01. The van der Waals surface area contributed by atoms with Gasteiger partial charge in [-0.05, 0) is 51.0 Å². The topological polar surface area (TPSA) is 0 Å². The van der Waals surface area contributed by atoms with Crippen LogP contribution in [0.25, 0.3) is 20.5 Å². The average molecular weight is 435 g/mol. The summed E-state index contributed by atoms with van der Waals surface area (Å²) in [5, 5.41) is 2.72. The van der Waals surface area contributed by atoms with Crippen LogP contribution >= 0.6 is 11.3 Å². The van der Waals surface area contributed by atoms with Crippen molar-refractivity contribution in [3.8, 4) is 10.4 Å². The van der Waals surface area contributed by atoms with Crippen LogP contribution in [0.2, 0.25) is 16.6 Å². The van der Waals surface area contributed by atoms with Crippen LogP contribution in [-0.4, -0.2) is 8.07 Å². The quantitative estimate of drug-likeness (QED) is 0.353. The lowest BCUT2D eigenvalue weighted by molar-refractivity contribution is -0.137. The van der Waals surface area contributed by atoms with Gasteiger partial charge in [0, 0.05) is 9.58 Å². The Bertz CT molecular complexity index is 960. The third-order valence-electron chi connectivity index (χ3n) is 6.37. The first kappa shape index (κ1) is 22.1. The highest BCUT2D eigenvalue weighted by atomic mass is 32.1. The minimum Gasteiger partial charge on any atom is -0.166 e. The zero-order valence-corrected chi connectivity index (χ0v) is 19.7. The first-order valence-electron chi connectivity index (χ1n) is 10.2. The van der Waals surface area contributed by atoms with Gasteiger partial charge in [-0.3, -0.25) is 0 Å². The zero-order valence-electron chi connectivity index (χ0n) is 17.9. The van der Waals surface area contributed by atoms with E-state index in [1.54, 1.807) is 23.5 Å². The number of hydrogen-bond acceptors (Lipinski definition) is 1. The molecule has 5 heteroatoms. The highest BCUT2D eigenvalue weighted by Crippen LogP contribution is 2.46. The van der Waals surface area contributed by atoms with Gasteiger partial charge in [0.05, 0.1) is 13.6 Å². The Balaban J connectivity index is 2.35. The van der Waals surface area contributed by atoms with Crippen LogP contribution in [0.15, 0.2) is 48.5 Å². The second-order valence-electron chi connectivity index (χ2n) is 8.77.